The zero-order valence-electron chi connectivity index (χ0n) is 10.9. The highest BCUT2D eigenvalue weighted by atomic mass is 16.2. The fraction of sp³-hybridized carbons (Fsp3) is 0.917. The lowest BCUT2D eigenvalue weighted by molar-refractivity contribution is 0.219. The Morgan fingerprint density at radius 2 is 2.12 bits per heavy atom. The average Bonchev–Trinajstić information content (AvgIpc) is 2.16. The van der Waals surface area contributed by atoms with Crippen molar-refractivity contribution >= 4 is 6.03 Å². The van der Waals surface area contributed by atoms with Crippen molar-refractivity contribution in [1.82, 2.24) is 16.0 Å². The van der Waals surface area contributed by atoms with Crippen LogP contribution in [0.1, 0.15) is 40.5 Å². The maximum atomic E-state index is 11.7. The number of nitrogens with one attached hydrogen (secondary N) is 3. The van der Waals surface area contributed by atoms with E-state index in [0.29, 0.717) is 5.92 Å². The number of amides is 2. The van der Waals surface area contributed by atoms with Crippen molar-refractivity contribution < 1.29 is 4.79 Å². The van der Waals surface area contributed by atoms with Gasteiger partial charge in [-0.05, 0) is 59.5 Å². The highest BCUT2D eigenvalue weighted by Gasteiger charge is 2.22. The summed E-state index contributed by atoms with van der Waals surface area (Å²) in [4.78, 5) is 11.7. The highest BCUT2D eigenvalue weighted by Crippen LogP contribution is 2.14. The summed E-state index contributed by atoms with van der Waals surface area (Å²) in [6, 6.07) is 0.167. The molecule has 0 bridgehead atoms. The number of carbonyl (C=O) groups is 1. The third kappa shape index (κ3) is 4.84. The molecule has 0 aromatic rings. The van der Waals surface area contributed by atoms with Gasteiger partial charge in [0, 0.05) is 11.6 Å². The largest absolute Gasteiger partial charge is 0.335 e. The Hall–Kier alpha value is -0.770. The zero-order chi connectivity index (χ0) is 12.2. The predicted octanol–water partition coefficient (Wildman–Crippen LogP) is 1.47. The molecule has 0 aliphatic carbocycles. The molecule has 0 spiro atoms. The van der Waals surface area contributed by atoms with Crippen molar-refractivity contribution in [3.05, 3.63) is 0 Å². The van der Waals surface area contributed by atoms with Gasteiger partial charge in [0.1, 0.15) is 0 Å². The van der Waals surface area contributed by atoms with E-state index < -0.39 is 0 Å². The van der Waals surface area contributed by atoms with Gasteiger partial charge in [-0.1, -0.05) is 0 Å². The van der Waals surface area contributed by atoms with Crippen LogP contribution in [0.4, 0.5) is 4.79 Å². The second-order valence-electron chi connectivity index (χ2n) is 5.74. The van der Waals surface area contributed by atoms with Gasteiger partial charge in [-0.3, -0.25) is 0 Å². The predicted molar refractivity (Wildman–Crippen MR) is 66.5 cm³/mol. The summed E-state index contributed by atoms with van der Waals surface area (Å²) in [7, 11) is 0. The minimum atomic E-state index is -0.172. The molecule has 1 saturated heterocycles. The molecule has 16 heavy (non-hydrogen) atoms. The molecule has 1 aliphatic rings. The lowest BCUT2D eigenvalue weighted by atomic mass is 9.93. The molecule has 1 aliphatic heterocycles. The molecule has 0 aromatic heterocycles. The van der Waals surface area contributed by atoms with Gasteiger partial charge in [0.05, 0.1) is 0 Å². The number of piperidine rings is 1. The maximum Gasteiger partial charge on any atom is 0.315 e. The van der Waals surface area contributed by atoms with Gasteiger partial charge in [-0.25, -0.2) is 4.79 Å². The molecule has 94 valence electrons. The van der Waals surface area contributed by atoms with Crippen molar-refractivity contribution in [2.45, 2.75) is 52.1 Å². The van der Waals surface area contributed by atoms with E-state index in [4.69, 9.17) is 0 Å². The van der Waals surface area contributed by atoms with Gasteiger partial charge in [0.15, 0.2) is 0 Å². The van der Waals surface area contributed by atoms with E-state index in [1.165, 1.54) is 12.8 Å². The average molecular weight is 227 g/mol. The molecule has 0 aromatic carbocycles. The highest BCUT2D eigenvalue weighted by molar-refractivity contribution is 5.74. The minimum Gasteiger partial charge on any atom is -0.335 e. The molecular formula is C12H25N3O. The van der Waals surface area contributed by atoms with Crippen LogP contribution in [-0.2, 0) is 0 Å². The van der Waals surface area contributed by atoms with E-state index in [1.807, 2.05) is 20.8 Å². The fourth-order valence-electron chi connectivity index (χ4n) is 2.01. The topological polar surface area (TPSA) is 53.2 Å². The Labute approximate surface area is 98.6 Å². The van der Waals surface area contributed by atoms with Gasteiger partial charge >= 0.3 is 6.03 Å². The second-order valence-corrected chi connectivity index (χ2v) is 5.74. The Morgan fingerprint density at radius 1 is 1.44 bits per heavy atom. The third-order valence-corrected chi connectivity index (χ3v) is 2.89. The summed E-state index contributed by atoms with van der Waals surface area (Å²) in [6.45, 7) is 10.2. The quantitative estimate of drug-likeness (QED) is 0.669. The normalized spacial score (nSPS) is 23.6. The van der Waals surface area contributed by atoms with Crippen LogP contribution in [0.2, 0.25) is 0 Å². The molecule has 0 saturated carbocycles. The first-order chi connectivity index (χ1) is 7.38. The monoisotopic (exact) mass is 227 g/mol. The molecule has 1 heterocycles. The summed E-state index contributed by atoms with van der Waals surface area (Å²) in [5.74, 6) is 0.555. The van der Waals surface area contributed by atoms with Crippen molar-refractivity contribution in [3.8, 4) is 0 Å². The van der Waals surface area contributed by atoms with Crippen molar-refractivity contribution in [2.24, 2.45) is 5.92 Å². The van der Waals surface area contributed by atoms with Crippen LogP contribution < -0.4 is 16.0 Å². The molecule has 1 rings (SSSR count). The molecular weight excluding hydrogens is 202 g/mol. The fourth-order valence-corrected chi connectivity index (χ4v) is 2.01. The van der Waals surface area contributed by atoms with Gasteiger partial charge in [0.2, 0.25) is 0 Å². The first kappa shape index (κ1) is 13.3. The number of carbonyl (C=O) groups excluding carboxylic acids is 1. The number of hydrogen-bond acceptors (Lipinski definition) is 2. The number of rotatable bonds is 2. The maximum absolute atomic E-state index is 11.7. The smallest absolute Gasteiger partial charge is 0.315 e. The first-order valence-electron chi connectivity index (χ1n) is 6.18. The first-order valence-corrected chi connectivity index (χ1v) is 6.18. The standard InChI is InChI=1S/C12H25N3O/c1-9(10-6-5-7-13-8-10)14-11(16)15-12(2,3)4/h9-10,13H,5-8H2,1-4H3,(H2,14,15,16)/t9-,10+/m0/s1. The van der Waals surface area contributed by atoms with Crippen LogP contribution in [-0.4, -0.2) is 30.7 Å². The SMILES string of the molecule is C[C@H](NC(=O)NC(C)(C)C)[C@@H]1CCCNC1. The lowest BCUT2D eigenvalue weighted by Gasteiger charge is -2.30. The van der Waals surface area contributed by atoms with Crippen molar-refractivity contribution in [1.29, 1.82) is 0 Å². The molecule has 0 unspecified atom stereocenters. The van der Waals surface area contributed by atoms with E-state index in [9.17, 15) is 4.79 Å². The number of urea groups is 1. The van der Waals surface area contributed by atoms with Gasteiger partial charge in [-0.15, -0.1) is 0 Å². The van der Waals surface area contributed by atoms with Crippen molar-refractivity contribution in [2.75, 3.05) is 13.1 Å². The zero-order valence-corrected chi connectivity index (χ0v) is 10.9. The van der Waals surface area contributed by atoms with E-state index in [0.717, 1.165) is 13.1 Å². The van der Waals surface area contributed by atoms with Gasteiger partial charge < -0.3 is 16.0 Å². The van der Waals surface area contributed by atoms with Crippen LogP contribution in [0, 0.1) is 5.92 Å². The third-order valence-electron chi connectivity index (χ3n) is 2.89. The van der Waals surface area contributed by atoms with E-state index in [-0.39, 0.29) is 17.6 Å². The van der Waals surface area contributed by atoms with E-state index in [2.05, 4.69) is 22.9 Å². The van der Waals surface area contributed by atoms with Crippen LogP contribution in [0.15, 0.2) is 0 Å². The second kappa shape index (κ2) is 5.53. The van der Waals surface area contributed by atoms with E-state index >= 15 is 0 Å². The molecule has 0 radical (unpaired) electrons. The van der Waals surface area contributed by atoms with Crippen LogP contribution in [0.25, 0.3) is 0 Å². The van der Waals surface area contributed by atoms with Crippen LogP contribution >= 0.6 is 0 Å². The summed E-state index contributed by atoms with van der Waals surface area (Å²) >= 11 is 0. The lowest BCUT2D eigenvalue weighted by Crippen LogP contribution is -2.52. The molecule has 1 fully saturated rings. The van der Waals surface area contributed by atoms with Gasteiger partial charge in [-0.2, -0.15) is 0 Å². The number of hydrogen-bond donors (Lipinski definition) is 3. The molecule has 2 amide bonds. The van der Waals surface area contributed by atoms with Crippen molar-refractivity contribution in [3.63, 3.8) is 0 Å². The molecule has 2 atom stereocenters. The Bertz CT molecular complexity index is 229. The van der Waals surface area contributed by atoms with Crippen LogP contribution in [0.3, 0.4) is 0 Å². The Morgan fingerprint density at radius 3 is 2.62 bits per heavy atom. The van der Waals surface area contributed by atoms with Crippen LogP contribution in [0.5, 0.6) is 0 Å². The Balaban J connectivity index is 2.32. The molecule has 4 heteroatoms. The summed E-state index contributed by atoms with van der Waals surface area (Å²) in [5.41, 5.74) is -0.172. The minimum absolute atomic E-state index is 0.0643. The Kier molecular flexibility index (Phi) is 4.59. The molecule has 3 N–H and O–H groups in total. The molecule has 4 nitrogen and oxygen atoms in total. The summed E-state index contributed by atoms with van der Waals surface area (Å²) < 4.78 is 0. The summed E-state index contributed by atoms with van der Waals surface area (Å²) in [5, 5.41) is 9.30. The van der Waals surface area contributed by atoms with Gasteiger partial charge in [0.25, 0.3) is 0 Å². The van der Waals surface area contributed by atoms with E-state index in [1.54, 1.807) is 0 Å². The summed E-state index contributed by atoms with van der Waals surface area (Å²) in [6.07, 6.45) is 2.40.